The molecule has 0 spiro atoms. The van der Waals surface area contributed by atoms with Crippen LogP contribution in [0, 0.1) is 13.8 Å². The molecule has 0 atom stereocenters. The van der Waals surface area contributed by atoms with Crippen LogP contribution < -0.4 is 10.2 Å². The number of hydrogen-bond acceptors (Lipinski definition) is 3. The molecule has 116 valence electrons. The lowest BCUT2D eigenvalue weighted by Crippen LogP contribution is -2.38. The summed E-state index contributed by atoms with van der Waals surface area (Å²) in [4.78, 5) is 14.4. The highest BCUT2D eigenvalue weighted by atomic mass is 79.9. The second-order valence-electron chi connectivity index (χ2n) is 5.65. The van der Waals surface area contributed by atoms with E-state index in [4.69, 9.17) is 0 Å². The third kappa shape index (κ3) is 3.16. The van der Waals surface area contributed by atoms with E-state index in [0.29, 0.717) is 6.54 Å². The third-order valence-electron chi connectivity index (χ3n) is 3.78. The topological polar surface area (TPSA) is 50.2 Å². The van der Waals surface area contributed by atoms with Crippen molar-refractivity contribution in [2.45, 2.75) is 26.8 Å². The molecular formula is C16H19BrN4O. The number of carbonyl (C=O) groups is 1. The largest absolute Gasteiger partial charge is 0.347 e. The monoisotopic (exact) mass is 362 g/mol. The Morgan fingerprint density at radius 1 is 1.32 bits per heavy atom. The summed E-state index contributed by atoms with van der Waals surface area (Å²) in [6.45, 7) is 6.14. The number of fused-ring (bicyclic) bond motifs is 1. The predicted octanol–water partition coefficient (Wildman–Crippen LogP) is 3.11. The Labute approximate surface area is 138 Å². The van der Waals surface area contributed by atoms with Crippen molar-refractivity contribution in [3.05, 3.63) is 40.0 Å². The van der Waals surface area contributed by atoms with Crippen LogP contribution >= 0.6 is 15.9 Å². The highest BCUT2D eigenvalue weighted by molar-refractivity contribution is 9.10. The molecule has 0 saturated heterocycles. The fourth-order valence-electron chi connectivity index (χ4n) is 2.73. The minimum Gasteiger partial charge on any atom is -0.347 e. The van der Waals surface area contributed by atoms with E-state index in [0.717, 1.165) is 46.7 Å². The Morgan fingerprint density at radius 2 is 2.14 bits per heavy atom. The van der Waals surface area contributed by atoms with Crippen LogP contribution in [-0.2, 0) is 11.3 Å². The molecule has 1 N–H and O–H groups in total. The van der Waals surface area contributed by atoms with E-state index < -0.39 is 0 Å². The number of halogens is 1. The SMILES string of the molecule is Cc1cc2n(n1)CCCN2CC(=O)Nc1ccc(Br)c(C)c1. The predicted molar refractivity (Wildman–Crippen MR) is 91.3 cm³/mol. The van der Waals surface area contributed by atoms with Crippen molar-refractivity contribution in [1.29, 1.82) is 0 Å². The van der Waals surface area contributed by atoms with Gasteiger partial charge in [-0.05, 0) is 44.0 Å². The number of nitrogens with one attached hydrogen (secondary N) is 1. The maximum absolute atomic E-state index is 12.3. The Balaban J connectivity index is 1.68. The van der Waals surface area contributed by atoms with E-state index in [2.05, 4.69) is 31.2 Å². The molecule has 0 aliphatic carbocycles. The van der Waals surface area contributed by atoms with Gasteiger partial charge in [0.05, 0.1) is 12.2 Å². The smallest absolute Gasteiger partial charge is 0.243 e. The lowest BCUT2D eigenvalue weighted by Gasteiger charge is -2.28. The van der Waals surface area contributed by atoms with Gasteiger partial charge in [-0.15, -0.1) is 0 Å². The minimum absolute atomic E-state index is 0.00553. The summed E-state index contributed by atoms with van der Waals surface area (Å²) in [7, 11) is 0. The number of amides is 1. The first-order valence-corrected chi connectivity index (χ1v) is 8.17. The average Bonchev–Trinajstić information content (AvgIpc) is 2.84. The first-order chi connectivity index (χ1) is 10.5. The fourth-order valence-corrected chi connectivity index (χ4v) is 2.98. The van der Waals surface area contributed by atoms with Gasteiger partial charge < -0.3 is 10.2 Å². The van der Waals surface area contributed by atoms with Crippen molar-refractivity contribution in [3.63, 3.8) is 0 Å². The number of aryl methyl sites for hydroxylation is 3. The Bertz CT molecular complexity index is 710. The van der Waals surface area contributed by atoms with E-state index in [9.17, 15) is 4.79 Å². The molecule has 0 fully saturated rings. The standard InChI is InChI=1S/C16H19BrN4O/c1-11-8-13(4-5-14(11)17)18-15(22)10-20-6-3-7-21-16(20)9-12(2)19-21/h4-5,8-9H,3,6-7,10H2,1-2H3,(H,18,22). The van der Waals surface area contributed by atoms with Crippen molar-refractivity contribution in [2.24, 2.45) is 0 Å². The van der Waals surface area contributed by atoms with Gasteiger partial charge in [0, 0.05) is 29.3 Å². The molecule has 1 amide bonds. The number of carbonyl (C=O) groups excluding carboxylic acids is 1. The van der Waals surface area contributed by atoms with Gasteiger partial charge in [0.1, 0.15) is 5.82 Å². The molecule has 3 rings (SSSR count). The molecule has 6 heteroatoms. The maximum atomic E-state index is 12.3. The van der Waals surface area contributed by atoms with Gasteiger partial charge in [0.15, 0.2) is 0 Å². The third-order valence-corrected chi connectivity index (χ3v) is 4.67. The molecular weight excluding hydrogens is 344 g/mol. The number of rotatable bonds is 3. The first kappa shape index (κ1) is 15.1. The average molecular weight is 363 g/mol. The van der Waals surface area contributed by atoms with Gasteiger partial charge in [-0.2, -0.15) is 5.10 Å². The van der Waals surface area contributed by atoms with Crippen molar-refractivity contribution >= 4 is 33.3 Å². The zero-order chi connectivity index (χ0) is 15.7. The highest BCUT2D eigenvalue weighted by Gasteiger charge is 2.20. The molecule has 1 aliphatic rings. The van der Waals surface area contributed by atoms with Crippen LogP contribution in [0.4, 0.5) is 11.5 Å². The molecule has 0 bridgehead atoms. The number of anilines is 2. The quantitative estimate of drug-likeness (QED) is 0.912. The van der Waals surface area contributed by atoms with Crippen molar-refractivity contribution in [2.75, 3.05) is 23.3 Å². The normalized spacial score (nSPS) is 13.9. The van der Waals surface area contributed by atoms with E-state index in [1.165, 1.54) is 0 Å². The lowest BCUT2D eigenvalue weighted by molar-refractivity contribution is -0.115. The maximum Gasteiger partial charge on any atom is 0.243 e. The lowest BCUT2D eigenvalue weighted by atomic mass is 10.2. The number of nitrogens with zero attached hydrogens (tertiary/aromatic N) is 3. The van der Waals surface area contributed by atoms with E-state index >= 15 is 0 Å². The molecule has 1 aromatic heterocycles. The molecule has 0 unspecified atom stereocenters. The van der Waals surface area contributed by atoms with Crippen LogP contribution in [0.2, 0.25) is 0 Å². The van der Waals surface area contributed by atoms with Gasteiger partial charge in [0.2, 0.25) is 5.91 Å². The number of benzene rings is 1. The molecule has 1 aliphatic heterocycles. The van der Waals surface area contributed by atoms with Crippen molar-refractivity contribution in [1.82, 2.24) is 9.78 Å². The van der Waals surface area contributed by atoms with Crippen LogP contribution in [0.1, 0.15) is 17.7 Å². The molecule has 0 radical (unpaired) electrons. The second-order valence-corrected chi connectivity index (χ2v) is 6.51. The second kappa shape index (κ2) is 6.12. The van der Waals surface area contributed by atoms with E-state index in [1.54, 1.807) is 0 Å². The summed E-state index contributed by atoms with van der Waals surface area (Å²) in [6.07, 6.45) is 1.01. The molecule has 2 aromatic rings. The Hall–Kier alpha value is -1.82. The summed E-state index contributed by atoms with van der Waals surface area (Å²) in [5.41, 5.74) is 2.92. The van der Waals surface area contributed by atoms with Crippen LogP contribution in [0.3, 0.4) is 0 Å². The minimum atomic E-state index is -0.00553. The summed E-state index contributed by atoms with van der Waals surface area (Å²) < 4.78 is 3.02. The summed E-state index contributed by atoms with van der Waals surface area (Å²) in [6, 6.07) is 7.85. The van der Waals surface area contributed by atoms with Gasteiger partial charge >= 0.3 is 0 Å². The fraction of sp³-hybridized carbons (Fsp3) is 0.375. The molecule has 1 aromatic carbocycles. The zero-order valence-corrected chi connectivity index (χ0v) is 14.4. The Kier molecular flexibility index (Phi) is 4.20. The molecule has 22 heavy (non-hydrogen) atoms. The van der Waals surface area contributed by atoms with E-state index in [1.807, 2.05) is 42.8 Å². The number of hydrogen-bond donors (Lipinski definition) is 1. The number of aromatic nitrogens is 2. The van der Waals surface area contributed by atoms with Gasteiger partial charge in [-0.1, -0.05) is 15.9 Å². The highest BCUT2D eigenvalue weighted by Crippen LogP contribution is 2.22. The zero-order valence-electron chi connectivity index (χ0n) is 12.8. The summed E-state index contributed by atoms with van der Waals surface area (Å²) >= 11 is 3.46. The van der Waals surface area contributed by atoms with Gasteiger partial charge in [0.25, 0.3) is 0 Å². The van der Waals surface area contributed by atoms with Crippen LogP contribution in [0.5, 0.6) is 0 Å². The van der Waals surface area contributed by atoms with Crippen LogP contribution in [0.25, 0.3) is 0 Å². The van der Waals surface area contributed by atoms with Crippen LogP contribution in [0.15, 0.2) is 28.7 Å². The van der Waals surface area contributed by atoms with Crippen molar-refractivity contribution < 1.29 is 4.79 Å². The molecule has 5 nitrogen and oxygen atoms in total. The van der Waals surface area contributed by atoms with Crippen LogP contribution in [-0.4, -0.2) is 28.8 Å². The Morgan fingerprint density at radius 3 is 2.91 bits per heavy atom. The van der Waals surface area contributed by atoms with Crippen molar-refractivity contribution in [3.8, 4) is 0 Å². The first-order valence-electron chi connectivity index (χ1n) is 7.38. The van der Waals surface area contributed by atoms with Gasteiger partial charge in [-0.25, -0.2) is 4.68 Å². The van der Waals surface area contributed by atoms with E-state index in [-0.39, 0.29) is 5.91 Å². The summed E-state index contributed by atoms with van der Waals surface area (Å²) in [5.74, 6) is 1.03. The van der Waals surface area contributed by atoms with Gasteiger partial charge in [-0.3, -0.25) is 4.79 Å². The molecule has 2 heterocycles. The summed E-state index contributed by atoms with van der Waals surface area (Å²) in [5, 5.41) is 7.42. The molecule has 0 saturated carbocycles.